The number of hydrogen-bond donors (Lipinski definition) is 0. The zero-order valence-corrected chi connectivity index (χ0v) is 8.62. The molecule has 0 unspecified atom stereocenters. The van der Waals surface area contributed by atoms with Crippen LogP contribution in [0.3, 0.4) is 0 Å². The Morgan fingerprint density at radius 2 is 2.29 bits per heavy atom. The van der Waals surface area contributed by atoms with Gasteiger partial charge in [-0.2, -0.15) is 5.26 Å². The number of alkyl halides is 1. The molecule has 0 radical (unpaired) electrons. The number of halogens is 2. The molecule has 0 aliphatic rings. The van der Waals surface area contributed by atoms with Crippen LogP contribution < -0.4 is 0 Å². The van der Waals surface area contributed by atoms with Gasteiger partial charge in [-0.1, -0.05) is 0 Å². The van der Waals surface area contributed by atoms with E-state index in [9.17, 15) is 4.39 Å². The normalized spacial score (nSPS) is 10.4. The van der Waals surface area contributed by atoms with E-state index in [0.717, 1.165) is 4.70 Å². The lowest BCUT2D eigenvalue weighted by atomic mass is 10.1. The Balaban J connectivity index is 2.90. The summed E-state index contributed by atoms with van der Waals surface area (Å²) in [6, 6.07) is 5.10. The third-order valence-electron chi connectivity index (χ3n) is 2.04. The van der Waals surface area contributed by atoms with E-state index < -0.39 is 0 Å². The van der Waals surface area contributed by atoms with Crippen LogP contribution in [0.15, 0.2) is 17.5 Å². The number of rotatable bonds is 1. The Morgan fingerprint density at radius 1 is 1.50 bits per heavy atom. The Morgan fingerprint density at radius 3 is 2.93 bits per heavy atom. The van der Waals surface area contributed by atoms with Crippen LogP contribution in [0.2, 0.25) is 0 Å². The lowest BCUT2D eigenvalue weighted by Gasteiger charge is -2.00. The van der Waals surface area contributed by atoms with Crippen LogP contribution in [0.5, 0.6) is 0 Å². The fraction of sp³-hybridized carbons (Fsp3) is 0.100. The summed E-state index contributed by atoms with van der Waals surface area (Å²) in [5, 5.41) is 11.2. The molecule has 0 spiro atoms. The van der Waals surface area contributed by atoms with Gasteiger partial charge in [-0.25, -0.2) is 4.39 Å². The number of hydrogen-bond acceptors (Lipinski definition) is 2. The van der Waals surface area contributed by atoms with E-state index in [4.69, 9.17) is 16.9 Å². The van der Waals surface area contributed by atoms with Crippen LogP contribution in [0.4, 0.5) is 4.39 Å². The van der Waals surface area contributed by atoms with Crippen molar-refractivity contribution in [3.8, 4) is 6.07 Å². The van der Waals surface area contributed by atoms with E-state index in [2.05, 4.69) is 0 Å². The Kier molecular flexibility index (Phi) is 2.40. The van der Waals surface area contributed by atoms with Crippen molar-refractivity contribution in [1.29, 1.82) is 5.26 Å². The summed E-state index contributed by atoms with van der Waals surface area (Å²) < 4.78 is 14.2. The summed E-state index contributed by atoms with van der Waals surface area (Å²) in [6.07, 6.45) is 0. The highest BCUT2D eigenvalue weighted by molar-refractivity contribution is 7.17. The zero-order valence-electron chi connectivity index (χ0n) is 7.05. The topological polar surface area (TPSA) is 23.8 Å². The molecule has 2 rings (SSSR count). The standard InChI is InChI=1S/C10H5ClFNS/c11-3-7-8(12)1-2-9-10(7)6(4-13)5-14-9/h1-2,5H,3H2. The summed E-state index contributed by atoms with van der Waals surface area (Å²) in [5.74, 6) is -0.253. The number of nitrogens with zero attached hydrogens (tertiary/aromatic N) is 1. The predicted molar refractivity (Wildman–Crippen MR) is 56.1 cm³/mol. The lowest BCUT2D eigenvalue weighted by Crippen LogP contribution is -1.87. The van der Waals surface area contributed by atoms with Crippen molar-refractivity contribution >= 4 is 33.0 Å². The smallest absolute Gasteiger partial charge is 0.128 e. The van der Waals surface area contributed by atoms with Crippen LogP contribution in [-0.2, 0) is 5.88 Å². The maximum atomic E-state index is 13.3. The van der Waals surface area contributed by atoms with Gasteiger partial charge in [-0.3, -0.25) is 0 Å². The molecule has 0 bridgehead atoms. The lowest BCUT2D eigenvalue weighted by molar-refractivity contribution is 0.619. The first-order valence-electron chi connectivity index (χ1n) is 3.92. The number of fused-ring (bicyclic) bond motifs is 1. The molecule has 0 saturated heterocycles. The van der Waals surface area contributed by atoms with Crippen LogP contribution in [0, 0.1) is 17.1 Å². The minimum Gasteiger partial charge on any atom is -0.207 e. The van der Waals surface area contributed by atoms with E-state index >= 15 is 0 Å². The van der Waals surface area contributed by atoms with Crippen LogP contribution in [-0.4, -0.2) is 0 Å². The number of thiophene rings is 1. The third kappa shape index (κ3) is 1.28. The van der Waals surface area contributed by atoms with E-state index in [-0.39, 0.29) is 11.7 Å². The second-order valence-corrected chi connectivity index (χ2v) is 3.97. The van der Waals surface area contributed by atoms with Gasteiger partial charge in [0.1, 0.15) is 11.9 Å². The van der Waals surface area contributed by atoms with Gasteiger partial charge >= 0.3 is 0 Å². The van der Waals surface area contributed by atoms with Crippen molar-refractivity contribution in [2.75, 3.05) is 0 Å². The first-order chi connectivity index (χ1) is 6.77. The highest BCUT2D eigenvalue weighted by Crippen LogP contribution is 2.31. The fourth-order valence-corrected chi connectivity index (χ4v) is 2.56. The minimum absolute atomic E-state index is 0.0919. The van der Waals surface area contributed by atoms with E-state index in [1.165, 1.54) is 17.4 Å². The molecule has 14 heavy (non-hydrogen) atoms. The van der Waals surface area contributed by atoms with Crippen molar-refractivity contribution in [3.05, 3.63) is 34.5 Å². The van der Waals surface area contributed by atoms with Crippen molar-refractivity contribution in [1.82, 2.24) is 0 Å². The molecule has 0 aliphatic heterocycles. The molecule has 70 valence electrons. The van der Waals surface area contributed by atoms with Gasteiger partial charge in [0.15, 0.2) is 0 Å². The van der Waals surface area contributed by atoms with Crippen LogP contribution >= 0.6 is 22.9 Å². The molecule has 0 atom stereocenters. The van der Waals surface area contributed by atoms with Gasteiger partial charge in [0.25, 0.3) is 0 Å². The Bertz CT molecular complexity index is 527. The molecule has 1 nitrogen and oxygen atoms in total. The monoisotopic (exact) mass is 225 g/mol. The molecule has 0 amide bonds. The summed E-state index contributed by atoms with van der Waals surface area (Å²) in [4.78, 5) is 0. The van der Waals surface area contributed by atoms with Gasteiger partial charge in [0.2, 0.25) is 0 Å². The van der Waals surface area contributed by atoms with Crippen molar-refractivity contribution in [2.45, 2.75) is 5.88 Å². The summed E-state index contributed by atoms with van der Waals surface area (Å²) in [7, 11) is 0. The quantitative estimate of drug-likeness (QED) is 0.680. The predicted octanol–water partition coefficient (Wildman–Crippen LogP) is 3.65. The molecule has 0 aliphatic carbocycles. The van der Waals surface area contributed by atoms with Gasteiger partial charge in [-0.05, 0) is 12.1 Å². The molecule has 1 aromatic carbocycles. The van der Waals surface area contributed by atoms with E-state index in [1.54, 1.807) is 11.4 Å². The van der Waals surface area contributed by atoms with Gasteiger partial charge in [-0.15, -0.1) is 22.9 Å². The zero-order chi connectivity index (χ0) is 10.1. The maximum absolute atomic E-state index is 13.3. The first kappa shape index (κ1) is 9.45. The van der Waals surface area contributed by atoms with Gasteiger partial charge in [0, 0.05) is 21.0 Å². The minimum atomic E-state index is -0.345. The molecule has 4 heteroatoms. The largest absolute Gasteiger partial charge is 0.207 e. The first-order valence-corrected chi connectivity index (χ1v) is 5.34. The van der Waals surface area contributed by atoms with Crippen molar-refractivity contribution in [3.63, 3.8) is 0 Å². The molecular formula is C10H5ClFNS. The second-order valence-electron chi connectivity index (χ2n) is 2.79. The van der Waals surface area contributed by atoms with Gasteiger partial charge < -0.3 is 0 Å². The van der Waals surface area contributed by atoms with Crippen molar-refractivity contribution < 1.29 is 4.39 Å². The molecule has 0 N–H and O–H groups in total. The Hall–Kier alpha value is -1.11. The van der Waals surface area contributed by atoms with Crippen LogP contribution in [0.25, 0.3) is 10.1 Å². The maximum Gasteiger partial charge on any atom is 0.128 e. The number of benzene rings is 1. The third-order valence-corrected chi connectivity index (χ3v) is 3.26. The SMILES string of the molecule is N#Cc1csc2ccc(F)c(CCl)c12. The fourth-order valence-electron chi connectivity index (χ4n) is 1.39. The summed E-state index contributed by atoms with van der Waals surface area (Å²) in [5.41, 5.74) is 0.919. The molecule has 1 heterocycles. The van der Waals surface area contributed by atoms with Crippen LogP contribution in [0.1, 0.15) is 11.1 Å². The summed E-state index contributed by atoms with van der Waals surface area (Å²) in [6.45, 7) is 0. The van der Waals surface area contributed by atoms with E-state index in [0.29, 0.717) is 16.5 Å². The Labute approximate surface area is 89.3 Å². The molecule has 2 aromatic rings. The molecule has 0 fully saturated rings. The second kappa shape index (κ2) is 3.56. The number of nitriles is 1. The highest BCUT2D eigenvalue weighted by atomic mass is 35.5. The highest BCUT2D eigenvalue weighted by Gasteiger charge is 2.11. The van der Waals surface area contributed by atoms with E-state index in [1.807, 2.05) is 6.07 Å². The summed E-state index contributed by atoms with van der Waals surface area (Å²) >= 11 is 7.08. The molecular weight excluding hydrogens is 221 g/mol. The molecule has 1 aromatic heterocycles. The van der Waals surface area contributed by atoms with Gasteiger partial charge in [0.05, 0.1) is 11.4 Å². The average molecular weight is 226 g/mol. The van der Waals surface area contributed by atoms with Crippen molar-refractivity contribution in [2.24, 2.45) is 0 Å². The molecule has 0 saturated carbocycles. The average Bonchev–Trinajstić information content (AvgIpc) is 2.61.